The van der Waals surface area contributed by atoms with Crippen molar-refractivity contribution in [2.24, 2.45) is 0 Å². The molecule has 28 nitrogen and oxygen atoms in total. The number of benzene rings is 1. The molecule has 1 aromatic carbocycles. The number of hydrogen-bond acceptors (Lipinski definition) is 21. The Kier molecular flexibility index (Phi) is 33.5. The number of rotatable bonds is 11. The summed E-state index contributed by atoms with van der Waals surface area (Å²) in [5, 5.41) is 7.82. The molecule has 0 aliphatic carbocycles. The third-order valence-electron chi connectivity index (χ3n) is 15.6. The molecule has 0 bridgehead atoms. The number of aliphatic carboxylic acids is 1. The van der Waals surface area contributed by atoms with Gasteiger partial charge >= 0.3 is 41.1 Å². The predicted octanol–water partition coefficient (Wildman–Crippen LogP) is 11.7. The van der Waals surface area contributed by atoms with E-state index in [2.05, 4.69) is 63.4 Å². The second-order valence-corrected chi connectivity index (χ2v) is 25.4. The van der Waals surface area contributed by atoms with E-state index >= 15 is 0 Å². The van der Waals surface area contributed by atoms with Crippen LogP contribution in [-0.4, -0.2) is 126 Å². The van der Waals surface area contributed by atoms with Crippen molar-refractivity contribution in [3.63, 3.8) is 0 Å². The molecule has 33 heteroatoms. The number of H-pyrrole nitrogens is 3. The molecule has 9 aromatic heterocycles. The number of aryl methyl sites for hydroxylation is 4. The fourth-order valence-electron chi connectivity index (χ4n) is 10.6. The van der Waals surface area contributed by atoms with Crippen molar-refractivity contribution in [1.82, 2.24) is 58.6 Å². The topological polar surface area (TPSA) is 384 Å². The van der Waals surface area contributed by atoms with Crippen LogP contribution in [0, 0.1) is 45.1 Å². The van der Waals surface area contributed by atoms with Gasteiger partial charge in [-0.3, -0.25) is 49.1 Å². The normalized spacial score (nSPS) is 13.5. The van der Waals surface area contributed by atoms with Crippen LogP contribution in [0.3, 0.4) is 0 Å². The summed E-state index contributed by atoms with van der Waals surface area (Å²) in [5.74, 6) is -4.95. The van der Waals surface area contributed by atoms with Crippen LogP contribution in [0.2, 0.25) is 10.3 Å². The highest BCUT2D eigenvalue weighted by molar-refractivity contribution is 6.30. The Balaban J connectivity index is 0.000000282. The first-order valence-electron chi connectivity index (χ1n) is 32.7. The van der Waals surface area contributed by atoms with Gasteiger partial charge in [0.1, 0.15) is 12.4 Å². The van der Waals surface area contributed by atoms with Crippen LogP contribution >= 0.6 is 23.2 Å². The van der Waals surface area contributed by atoms with Crippen LogP contribution in [0.5, 0.6) is 0 Å². The van der Waals surface area contributed by atoms with Gasteiger partial charge in [0.25, 0.3) is 16.7 Å². The van der Waals surface area contributed by atoms with Gasteiger partial charge in [-0.05, 0) is 150 Å². The SMILES string of the molecule is C.C.CC(=O)O[C@@H](COC(=O)c1ccccc1)C(=O)O.CC1CCCO1.CC1CCCO1.Cc1ccnc(C(C)C)c1-n1c(=O)[nH]c(=O)c2cc(F)c(C)nc21.Cc1ccnc(C(C)C)c1-n1c(=O)[nH]c(=O)c2cc(F)c(Cl)nc21.Cc1ccnc(C(C)C)c1-n1c(=O)[nH]c(=O)c2cc(F)c(Cl)nc21.O=C=O. The van der Waals surface area contributed by atoms with Gasteiger partial charge in [-0.2, -0.15) is 9.59 Å². The first kappa shape index (κ1) is 88.4. The maximum atomic E-state index is 13.8. The maximum Gasteiger partial charge on any atom is 0.373 e. The summed E-state index contributed by atoms with van der Waals surface area (Å²) >= 11 is 11.5. The number of fused-ring (bicyclic) bond motifs is 3. The van der Waals surface area contributed by atoms with Gasteiger partial charge in [-0.1, -0.05) is 97.8 Å². The first-order chi connectivity index (χ1) is 49.6. The smallest absolute Gasteiger partial charge is 0.373 e. The highest BCUT2D eigenvalue weighted by atomic mass is 35.5. The minimum absolute atomic E-state index is 0. The van der Waals surface area contributed by atoms with Crippen LogP contribution in [0.4, 0.5) is 13.2 Å². The molecule has 2 unspecified atom stereocenters. The Morgan fingerprint density at radius 3 is 1.21 bits per heavy atom. The van der Waals surface area contributed by atoms with Crippen molar-refractivity contribution in [1.29, 1.82) is 0 Å². The lowest BCUT2D eigenvalue weighted by Gasteiger charge is -2.17. The molecular formula is C74H85Cl2F3N12O16. The number of aromatic nitrogens is 12. The van der Waals surface area contributed by atoms with E-state index in [4.69, 9.17) is 52.1 Å². The number of nitrogens with one attached hydrogen (secondary N) is 3. The van der Waals surface area contributed by atoms with Gasteiger partial charge < -0.3 is 24.1 Å². The van der Waals surface area contributed by atoms with E-state index in [1.54, 1.807) is 55.0 Å². The zero-order chi connectivity index (χ0) is 77.8. The molecule has 0 spiro atoms. The number of carbonyl (C=O) groups excluding carboxylic acids is 4. The molecule has 2 fully saturated rings. The number of hydrogen-bond donors (Lipinski definition) is 4. The fourth-order valence-corrected chi connectivity index (χ4v) is 10.8. The van der Waals surface area contributed by atoms with E-state index < -0.39 is 92.1 Å². The molecule has 2 aliphatic rings. The van der Waals surface area contributed by atoms with Gasteiger partial charge in [0, 0.05) is 38.7 Å². The average Bonchev–Trinajstić information content (AvgIpc) is 0.822. The lowest BCUT2D eigenvalue weighted by molar-refractivity contribution is -0.191. The zero-order valence-electron chi connectivity index (χ0n) is 59.5. The number of halogens is 5. The minimum atomic E-state index is -1.49. The molecule has 11 heterocycles. The minimum Gasteiger partial charge on any atom is -0.478 e. The van der Waals surface area contributed by atoms with Gasteiger partial charge in [0.05, 0.1) is 73.8 Å². The van der Waals surface area contributed by atoms with E-state index in [0.717, 1.165) is 55.0 Å². The molecule has 2 saturated heterocycles. The van der Waals surface area contributed by atoms with Gasteiger partial charge in [-0.15, -0.1) is 0 Å². The monoisotopic (exact) mass is 1520 g/mol. The highest BCUT2D eigenvalue weighted by Crippen LogP contribution is 2.29. The molecule has 0 amide bonds. The molecule has 12 rings (SSSR count). The number of carbonyl (C=O) groups is 3. The van der Waals surface area contributed by atoms with E-state index in [0.29, 0.717) is 51.9 Å². The van der Waals surface area contributed by atoms with Crippen LogP contribution in [0.25, 0.3) is 50.2 Å². The molecule has 10 aromatic rings. The third kappa shape index (κ3) is 22.8. The Morgan fingerprint density at radius 2 is 0.916 bits per heavy atom. The zero-order valence-corrected chi connectivity index (χ0v) is 61.0. The molecule has 0 saturated carbocycles. The summed E-state index contributed by atoms with van der Waals surface area (Å²) in [5.41, 5.74) is 2.40. The van der Waals surface area contributed by atoms with Crippen LogP contribution in [-0.2, 0) is 38.1 Å². The predicted molar refractivity (Wildman–Crippen MR) is 396 cm³/mol. The van der Waals surface area contributed by atoms with Crippen LogP contribution < -0.4 is 33.7 Å². The van der Waals surface area contributed by atoms with Crippen molar-refractivity contribution < 1.29 is 61.2 Å². The quantitative estimate of drug-likeness (QED) is 0.0690. The van der Waals surface area contributed by atoms with Gasteiger partial charge in [0.15, 0.2) is 38.9 Å². The lowest BCUT2D eigenvalue weighted by Crippen LogP contribution is -2.32. The van der Waals surface area contributed by atoms with Gasteiger partial charge in [-0.25, -0.2) is 65.8 Å². The van der Waals surface area contributed by atoms with E-state index in [-0.39, 0.29) is 77.6 Å². The molecule has 2 aliphatic heterocycles. The number of carboxylic acid groups (broad SMARTS) is 1. The van der Waals surface area contributed by atoms with Crippen molar-refractivity contribution in [3.05, 3.63) is 221 Å². The Labute approximate surface area is 621 Å². The number of esters is 2. The molecular weight excluding hydrogens is 1440 g/mol. The first-order valence-corrected chi connectivity index (χ1v) is 33.5. The lowest BCUT2D eigenvalue weighted by atomic mass is 10.0. The van der Waals surface area contributed by atoms with Crippen molar-refractivity contribution in [2.45, 2.75) is 167 Å². The average molecular weight is 1530 g/mol. The summed E-state index contributed by atoms with van der Waals surface area (Å²) in [6.07, 6.45) is 9.87. The number of ether oxygens (including phenoxy) is 4. The van der Waals surface area contributed by atoms with E-state index in [9.17, 15) is 56.3 Å². The molecule has 572 valence electrons. The Hall–Kier alpha value is -11.0. The highest BCUT2D eigenvalue weighted by Gasteiger charge is 2.26. The second kappa shape index (κ2) is 40.5. The maximum absolute atomic E-state index is 13.8. The van der Waals surface area contributed by atoms with Crippen LogP contribution in [0.15, 0.2) is 114 Å². The Bertz CT molecular complexity index is 4800. The van der Waals surface area contributed by atoms with Crippen LogP contribution in [0.1, 0.15) is 170 Å². The second-order valence-electron chi connectivity index (χ2n) is 24.7. The largest absolute Gasteiger partial charge is 0.478 e. The van der Waals surface area contributed by atoms with Crippen molar-refractivity contribution in [2.75, 3.05) is 19.8 Å². The molecule has 3 atom stereocenters. The number of pyridine rings is 6. The van der Waals surface area contributed by atoms with E-state index in [1.165, 1.54) is 58.4 Å². The Morgan fingerprint density at radius 1 is 0.579 bits per heavy atom. The molecule has 4 N–H and O–H groups in total. The summed E-state index contributed by atoms with van der Waals surface area (Å²) in [6, 6.07) is 16.4. The van der Waals surface area contributed by atoms with E-state index in [1.807, 2.05) is 62.3 Å². The standard InChI is InChI=1S/C17H17FN4O2.2C16H14ClFN4O2.C12H12O6.2C5H10O.CO2.2CH4/c1-8(2)13-14(9(3)5-6-19-13)22-15-11(16(23)21-17(22)24)7-12(18)10(4)20-15;2*1-7(2)11-12(8(3)4-5-19-11)22-14-9(15(23)21-16(22)24)6-10(18)13(17)20-14;1-8(13)18-10(11(14)15)7-17-12(16)9-5-3-2-4-6-9;2*1-5-3-2-4-6-5;2-1-3;;/h5-8H,1-4H3,(H,21,23,24);2*4-7H,1-3H3,(H,21,23,24);2-6,10H,7H2,1H3,(H,14,15);2*5H,2-4H2,1H3;;2*1H4/t;;;10-;;;;;/m...0...../s1. The van der Waals surface area contributed by atoms with Crippen molar-refractivity contribution in [3.8, 4) is 17.1 Å². The number of aromatic amines is 3. The van der Waals surface area contributed by atoms with Crippen molar-refractivity contribution >= 4 is 80.4 Å². The summed E-state index contributed by atoms with van der Waals surface area (Å²) in [6.45, 7) is 25.4. The van der Waals surface area contributed by atoms with Gasteiger partial charge in [0.2, 0.25) is 6.10 Å². The summed E-state index contributed by atoms with van der Waals surface area (Å²) < 4.78 is 64.5. The number of nitrogens with zero attached hydrogens (tertiary/aromatic N) is 9. The fraction of sp³-hybridized carbons (Fsp3) is 0.378. The summed E-state index contributed by atoms with van der Waals surface area (Å²) in [7, 11) is 0. The molecule has 107 heavy (non-hydrogen) atoms. The summed E-state index contributed by atoms with van der Waals surface area (Å²) in [4.78, 5) is 154. The molecule has 0 radical (unpaired) electrons. The number of carboxylic acids is 1. The third-order valence-corrected chi connectivity index (χ3v) is 16.2.